The summed E-state index contributed by atoms with van der Waals surface area (Å²) in [6, 6.07) is 0. The van der Waals surface area contributed by atoms with Crippen molar-refractivity contribution in [2.24, 2.45) is 11.0 Å². The van der Waals surface area contributed by atoms with Gasteiger partial charge in [-0.25, -0.2) is 0 Å². The van der Waals surface area contributed by atoms with Crippen molar-refractivity contribution in [3.63, 3.8) is 0 Å². The first kappa shape index (κ1) is 4.62. The number of rotatable bonds is 0. The van der Waals surface area contributed by atoms with Gasteiger partial charge in [0.25, 0.3) is 0 Å². The van der Waals surface area contributed by atoms with Crippen LogP contribution in [0.2, 0.25) is 0 Å². The zero-order valence-electron chi connectivity index (χ0n) is 4.52. The standard InChI is InChI=1S/C5H10N2/c1-5-2-3-6-7-4-5/h3,5,7H,2,4H2,1H3. The Morgan fingerprint density at radius 2 is 2.71 bits per heavy atom. The second-order valence-corrected chi connectivity index (χ2v) is 2.01. The fourth-order valence-electron chi connectivity index (χ4n) is 0.589. The van der Waals surface area contributed by atoms with Crippen LogP contribution in [0.5, 0.6) is 0 Å². The lowest BCUT2D eigenvalue weighted by atomic mass is 10.1. The molecule has 0 saturated heterocycles. The maximum atomic E-state index is 3.85. The maximum absolute atomic E-state index is 3.85. The third kappa shape index (κ3) is 1.18. The van der Waals surface area contributed by atoms with Crippen LogP contribution in [0.1, 0.15) is 13.3 Å². The van der Waals surface area contributed by atoms with E-state index in [4.69, 9.17) is 0 Å². The summed E-state index contributed by atoms with van der Waals surface area (Å²) < 4.78 is 0. The maximum Gasteiger partial charge on any atom is 0.0358 e. The molecule has 2 nitrogen and oxygen atoms in total. The van der Waals surface area contributed by atoms with Gasteiger partial charge in [0, 0.05) is 12.8 Å². The van der Waals surface area contributed by atoms with E-state index in [-0.39, 0.29) is 0 Å². The molecule has 1 aliphatic heterocycles. The SMILES string of the molecule is CC1CC=NNC1. The van der Waals surface area contributed by atoms with Crippen LogP contribution in [0, 0.1) is 5.92 Å². The van der Waals surface area contributed by atoms with Crippen molar-refractivity contribution < 1.29 is 0 Å². The topological polar surface area (TPSA) is 24.4 Å². The Bertz CT molecular complexity index is 78.1. The van der Waals surface area contributed by atoms with Crippen molar-refractivity contribution in [3.8, 4) is 0 Å². The summed E-state index contributed by atoms with van der Waals surface area (Å²) in [6.07, 6.45) is 3.06. The zero-order valence-corrected chi connectivity index (χ0v) is 4.52. The number of hydrogen-bond donors (Lipinski definition) is 1. The first-order valence-corrected chi connectivity index (χ1v) is 2.64. The number of hydrazone groups is 1. The van der Waals surface area contributed by atoms with Gasteiger partial charge in [0.15, 0.2) is 0 Å². The van der Waals surface area contributed by atoms with Crippen molar-refractivity contribution in [3.05, 3.63) is 0 Å². The van der Waals surface area contributed by atoms with E-state index >= 15 is 0 Å². The highest BCUT2D eigenvalue weighted by atomic mass is 15.3. The average Bonchev–Trinajstić information content (AvgIpc) is 1.69. The third-order valence-electron chi connectivity index (χ3n) is 1.13. The van der Waals surface area contributed by atoms with E-state index in [0.29, 0.717) is 0 Å². The van der Waals surface area contributed by atoms with Crippen molar-refractivity contribution in [1.82, 2.24) is 5.43 Å². The summed E-state index contributed by atoms with van der Waals surface area (Å²) in [5.74, 6) is 0.775. The van der Waals surface area contributed by atoms with Gasteiger partial charge in [0.1, 0.15) is 0 Å². The molecule has 1 atom stereocenters. The van der Waals surface area contributed by atoms with Crippen molar-refractivity contribution in [2.75, 3.05) is 6.54 Å². The van der Waals surface area contributed by atoms with Gasteiger partial charge in [-0.1, -0.05) is 6.92 Å². The Hall–Kier alpha value is -0.530. The minimum atomic E-state index is 0.775. The van der Waals surface area contributed by atoms with Crippen LogP contribution >= 0.6 is 0 Å². The van der Waals surface area contributed by atoms with Crippen LogP contribution in [0.3, 0.4) is 0 Å². The van der Waals surface area contributed by atoms with Gasteiger partial charge in [-0.2, -0.15) is 5.10 Å². The normalized spacial score (nSPS) is 29.6. The molecule has 1 rings (SSSR count). The number of nitrogens with zero attached hydrogens (tertiary/aromatic N) is 1. The van der Waals surface area contributed by atoms with Crippen molar-refractivity contribution in [2.45, 2.75) is 13.3 Å². The Morgan fingerprint density at radius 1 is 1.86 bits per heavy atom. The Morgan fingerprint density at radius 3 is 3.00 bits per heavy atom. The quantitative estimate of drug-likeness (QED) is 0.471. The smallest absolute Gasteiger partial charge is 0.0358 e. The van der Waals surface area contributed by atoms with E-state index in [1.807, 2.05) is 6.21 Å². The molecular formula is C5H10N2. The largest absolute Gasteiger partial charge is 0.310 e. The molecule has 0 fully saturated rings. The Balaban J connectivity index is 2.32. The first-order chi connectivity index (χ1) is 3.39. The van der Waals surface area contributed by atoms with E-state index in [0.717, 1.165) is 18.9 Å². The van der Waals surface area contributed by atoms with Crippen molar-refractivity contribution >= 4 is 6.21 Å². The lowest BCUT2D eigenvalue weighted by Crippen LogP contribution is -2.20. The molecule has 0 aromatic carbocycles. The molecule has 7 heavy (non-hydrogen) atoms. The van der Waals surface area contributed by atoms with Gasteiger partial charge < -0.3 is 5.43 Å². The van der Waals surface area contributed by atoms with Crippen LogP contribution in [0.4, 0.5) is 0 Å². The minimum Gasteiger partial charge on any atom is -0.310 e. The molecular weight excluding hydrogens is 88.1 g/mol. The molecule has 0 saturated carbocycles. The molecule has 0 radical (unpaired) electrons. The van der Waals surface area contributed by atoms with Crippen molar-refractivity contribution in [1.29, 1.82) is 0 Å². The highest BCUT2D eigenvalue weighted by Crippen LogP contribution is 1.99. The van der Waals surface area contributed by atoms with Gasteiger partial charge in [-0.05, 0) is 12.3 Å². The molecule has 0 aromatic heterocycles. The highest BCUT2D eigenvalue weighted by molar-refractivity contribution is 5.57. The van der Waals surface area contributed by atoms with E-state index in [9.17, 15) is 0 Å². The molecule has 0 amide bonds. The van der Waals surface area contributed by atoms with Gasteiger partial charge in [0.2, 0.25) is 0 Å². The fourth-order valence-corrected chi connectivity index (χ4v) is 0.589. The highest BCUT2D eigenvalue weighted by Gasteiger charge is 2.00. The molecule has 1 aliphatic rings. The predicted molar refractivity (Wildman–Crippen MR) is 30.3 cm³/mol. The van der Waals surface area contributed by atoms with E-state index in [1.54, 1.807) is 0 Å². The van der Waals surface area contributed by atoms with E-state index < -0.39 is 0 Å². The second kappa shape index (κ2) is 1.96. The Kier molecular flexibility index (Phi) is 1.29. The summed E-state index contributed by atoms with van der Waals surface area (Å²) in [7, 11) is 0. The van der Waals surface area contributed by atoms with E-state index in [1.165, 1.54) is 0 Å². The van der Waals surface area contributed by atoms with Gasteiger partial charge in [-0.3, -0.25) is 0 Å². The average molecular weight is 98.1 g/mol. The summed E-state index contributed by atoms with van der Waals surface area (Å²) in [5.41, 5.74) is 2.90. The summed E-state index contributed by atoms with van der Waals surface area (Å²) in [6.45, 7) is 3.24. The number of hydrogen-bond acceptors (Lipinski definition) is 2. The van der Waals surface area contributed by atoms with Crippen LogP contribution in [0.15, 0.2) is 5.10 Å². The third-order valence-corrected chi connectivity index (χ3v) is 1.13. The lowest BCUT2D eigenvalue weighted by Gasteiger charge is -2.11. The molecule has 1 N–H and O–H groups in total. The molecule has 2 heteroatoms. The van der Waals surface area contributed by atoms with Gasteiger partial charge in [-0.15, -0.1) is 0 Å². The fraction of sp³-hybridized carbons (Fsp3) is 0.800. The minimum absolute atomic E-state index is 0.775. The van der Waals surface area contributed by atoms with Gasteiger partial charge in [0.05, 0.1) is 0 Å². The Labute approximate surface area is 43.6 Å². The molecule has 0 aliphatic carbocycles. The molecule has 0 spiro atoms. The summed E-state index contributed by atoms with van der Waals surface area (Å²) in [4.78, 5) is 0. The van der Waals surface area contributed by atoms with Crippen LogP contribution in [0.25, 0.3) is 0 Å². The van der Waals surface area contributed by atoms with Crippen LogP contribution in [-0.2, 0) is 0 Å². The molecule has 40 valence electrons. The summed E-state index contributed by atoms with van der Waals surface area (Å²) in [5, 5.41) is 3.85. The second-order valence-electron chi connectivity index (χ2n) is 2.01. The number of nitrogens with one attached hydrogen (secondary N) is 1. The zero-order chi connectivity index (χ0) is 5.11. The van der Waals surface area contributed by atoms with E-state index in [2.05, 4.69) is 17.5 Å². The lowest BCUT2D eigenvalue weighted by molar-refractivity contribution is 0.522. The molecule has 1 unspecified atom stereocenters. The van der Waals surface area contributed by atoms with Crippen LogP contribution in [-0.4, -0.2) is 12.8 Å². The van der Waals surface area contributed by atoms with Crippen LogP contribution < -0.4 is 5.43 Å². The predicted octanol–water partition coefficient (Wildman–Crippen LogP) is 0.602. The monoisotopic (exact) mass is 98.1 g/mol. The van der Waals surface area contributed by atoms with Gasteiger partial charge >= 0.3 is 0 Å². The first-order valence-electron chi connectivity index (χ1n) is 2.64. The molecule has 0 bridgehead atoms. The summed E-state index contributed by atoms with van der Waals surface area (Å²) >= 11 is 0. The molecule has 1 heterocycles. The molecule has 0 aromatic rings.